The summed E-state index contributed by atoms with van der Waals surface area (Å²) in [5, 5.41) is 0. The van der Waals surface area contributed by atoms with Gasteiger partial charge >= 0.3 is 0 Å². The van der Waals surface area contributed by atoms with E-state index >= 15 is 0 Å². The van der Waals surface area contributed by atoms with Crippen LogP contribution in [0.3, 0.4) is 0 Å². The van der Waals surface area contributed by atoms with Gasteiger partial charge in [0.1, 0.15) is 17.2 Å². The molecule has 3 aromatic carbocycles. The lowest BCUT2D eigenvalue weighted by Gasteiger charge is -2.41. The van der Waals surface area contributed by atoms with Crippen LogP contribution in [0, 0.1) is 56.7 Å². The molecule has 5 aliphatic rings. The van der Waals surface area contributed by atoms with Crippen molar-refractivity contribution >= 4 is 0 Å². The standard InChI is InChI=1S/2C19H31NO.C18H30N2.C18H29NO.C12H25NO.C2H6/c1-19(2,3)16-8-10-17(11-9-16)20(4)14-15-6-12-18(21-5)13-7-15;1-19(2,3)16-9-11-17(12-10-16)20(4)14-15-7-6-8-18(13-15)21-5;1-14(17-8-6-7-13-19-17)20(5)16-11-9-15(10-12-16)18(2,3)4;1-18(2,3)16-9-12-19(13-10-16)11-8-15-6-5-7-17(14-15)20-4;1-12(2,3)11-5-7-13(8-6-11)9-10-14-4;1-2/h6-7,12-13,16-17H,8-11,14H2,1-5H3;6-8,13,16-17H,9-12,14H2,1-5H3;6-8,13-16H,9-12H2,1-5H3;5-7,14,16H,8-13H2,1-4H3;11H,5-10H2,1-4H3;1-2H3. The van der Waals surface area contributed by atoms with Crippen LogP contribution in [0.25, 0.3) is 0 Å². The van der Waals surface area contributed by atoms with Crippen LogP contribution < -0.4 is 14.2 Å². The quantitative estimate of drug-likeness (QED) is 0.0962. The zero-order valence-corrected chi connectivity index (χ0v) is 68.1. The van der Waals surface area contributed by atoms with Crippen molar-refractivity contribution in [1.29, 1.82) is 0 Å². The van der Waals surface area contributed by atoms with Crippen LogP contribution in [-0.4, -0.2) is 143 Å². The van der Waals surface area contributed by atoms with E-state index in [1.54, 1.807) is 28.4 Å². The molecule has 0 amide bonds. The number of rotatable bonds is 18. The van der Waals surface area contributed by atoms with E-state index < -0.39 is 0 Å². The lowest BCUT2D eigenvalue weighted by molar-refractivity contribution is 0.0863. The molecule has 3 heterocycles. The number of benzene rings is 3. The summed E-state index contributed by atoms with van der Waals surface area (Å²) in [4.78, 5) is 17.2. The zero-order chi connectivity index (χ0) is 72.9. The predicted octanol–water partition coefficient (Wildman–Crippen LogP) is 21.6. The minimum atomic E-state index is 0.410. The molecule has 1 atom stereocenters. The Bertz CT molecular complexity index is 2680. The van der Waals surface area contributed by atoms with Crippen molar-refractivity contribution in [2.75, 3.05) is 95.5 Å². The summed E-state index contributed by atoms with van der Waals surface area (Å²) in [6.07, 6.45) is 24.7. The molecule has 10 nitrogen and oxygen atoms in total. The van der Waals surface area contributed by atoms with Gasteiger partial charge in [-0.2, -0.15) is 0 Å². The largest absolute Gasteiger partial charge is 0.497 e. The van der Waals surface area contributed by atoms with Gasteiger partial charge in [0.2, 0.25) is 0 Å². The number of hydrogen-bond acceptors (Lipinski definition) is 10. The number of hydrogen-bond donors (Lipinski definition) is 0. The van der Waals surface area contributed by atoms with Crippen LogP contribution in [0.5, 0.6) is 17.2 Å². The molecule has 3 saturated carbocycles. The summed E-state index contributed by atoms with van der Waals surface area (Å²) in [6.45, 7) is 52.2. The number of pyridine rings is 1. The van der Waals surface area contributed by atoms with Crippen molar-refractivity contribution in [3.05, 3.63) is 120 Å². The van der Waals surface area contributed by atoms with Gasteiger partial charge in [0.05, 0.1) is 33.6 Å². The van der Waals surface area contributed by atoms with Gasteiger partial charge in [-0.05, 0) is 285 Å². The van der Waals surface area contributed by atoms with Crippen molar-refractivity contribution in [3.8, 4) is 17.2 Å². The van der Waals surface area contributed by atoms with Crippen LogP contribution in [-0.2, 0) is 24.2 Å². The van der Waals surface area contributed by atoms with Gasteiger partial charge in [-0.3, -0.25) is 19.7 Å². The fourth-order valence-electron chi connectivity index (χ4n) is 16.0. The van der Waals surface area contributed by atoms with Gasteiger partial charge in [-0.1, -0.05) is 160 Å². The first-order valence-corrected chi connectivity index (χ1v) is 39.1. The van der Waals surface area contributed by atoms with Crippen LogP contribution in [0.2, 0.25) is 0 Å². The van der Waals surface area contributed by atoms with Crippen LogP contribution in [0.1, 0.15) is 256 Å². The van der Waals surface area contributed by atoms with Crippen molar-refractivity contribution in [2.24, 2.45) is 56.7 Å². The lowest BCUT2D eigenvalue weighted by atomic mass is 9.71. The Hall–Kier alpha value is -4.03. The van der Waals surface area contributed by atoms with Crippen LogP contribution in [0.4, 0.5) is 0 Å². The summed E-state index contributed by atoms with van der Waals surface area (Å²) in [6, 6.07) is 34.2. The molecule has 1 unspecified atom stereocenters. The van der Waals surface area contributed by atoms with E-state index in [0.29, 0.717) is 39.2 Å². The monoisotopic (exact) mass is 1360 g/mol. The van der Waals surface area contributed by atoms with E-state index in [1.807, 2.05) is 38.2 Å². The highest BCUT2D eigenvalue weighted by Gasteiger charge is 2.35. The topological polar surface area (TPSA) is 66.0 Å². The second kappa shape index (κ2) is 42.5. The van der Waals surface area contributed by atoms with Gasteiger partial charge in [-0.15, -0.1) is 0 Å². The molecule has 1 aromatic heterocycles. The smallest absolute Gasteiger partial charge is 0.119 e. The van der Waals surface area contributed by atoms with E-state index in [4.69, 9.17) is 18.9 Å². The fourth-order valence-corrected chi connectivity index (χ4v) is 16.0. The first-order chi connectivity index (χ1) is 46.2. The Labute approximate surface area is 605 Å². The Balaban J connectivity index is 0.000000260. The Morgan fingerprint density at radius 2 is 0.776 bits per heavy atom. The number of likely N-dealkylation sites (tertiary alicyclic amines) is 2. The first kappa shape index (κ1) is 86.4. The third kappa shape index (κ3) is 30.9. The van der Waals surface area contributed by atoms with E-state index in [-0.39, 0.29) is 0 Å². The molecule has 558 valence electrons. The van der Waals surface area contributed by atoms with Gasteiger partial charge in [0.25, 0.3) is 0 Å². The molecule has 0 spiro atoms. The fraction of sp³-hybridized carbons (Fsp3) is 0.739. The van der Waals surface area contributed by atoms with Crippen molar-refractivity contribution in [3.63, 3.8) is 0 Å². The highest BCUT2D eigenvalue weighted by Crippen LogP contribution is 2.43. The van der Waals surface area contributed by atoms with Crippen LogP contribution >= 0.6 is 0 Å². The average Bonchev–Trinajstić information content (AvgIpc) is 0.862. The minimum Gasteiger partial charge on any atom is -0.497 e. The molecule has 5 fully saturated rings. The second-order valence-corrected chi connectivity index (χ2v) is 35.3. The van der Waals surface area contributed by atoms with Crippen molar-refractivity contribution in [1.82, 2.24) is 29.5 Å². The van der Waals surface area contributed by atoms with E-state index in [1.165, 1.54) is 158 Å². The lowest BCUT2D eigenvalue weighted by Crippen LogP contribution is -2.39. The Morgan fingerprint density at radius 3 is 1.15 bits per heavy atom. The molecule has 0 bridgehead atoms. The number of aromatic nitrogens is 1. The summed E-state index contributed by atoms with van der Waals surface area (Å²) in [5.74, 6) is 7.31. The number of ether oxygens (including phenoxy) is 4. The summed E-state index contributed by atoms with van der Waals surface area (Å²) < 4.78 is 20.9. The number of piperidine rings is 2. The average molecular weight is 1360 g/mol. The van der Waals surface area contributed by atoms with E-state index in [0.717, 1.165) is 91.6 Å². The summed E-state index contributed by atoms with van der Waals surface area (Å²) in [7, 11) is 13.8. The highest BCUT2D eigenvalue weighted by atomic mass is 16.5. The molecule has 3 aliphatic carbocycles. The molecule has 0 radical (unpaired) electrons. The Kier molecular flexibility index (Phi) is 37.5. The number of nitrogens with zero attached hydrogens (tertiary/aromatic N) is 6. The van der Waals surface area contributed by atoms with Gasteiger partial charge in [-0.25, -0.2) is 0 Å². The van der Waals surface area contributed by atoms with Gasteiger partial charge < -0.3 is 28.7 Å². The molecular formula is C88H152N6O4. The second-order valence-electron chi connectivity index (χ2n) is 35.3. The van der Waals surface area contributed by atoms with Gasteiger partial charge in [0, 0.05) is 63.7 Å². The maximum absolute atomic E-state index is 5.31. The number of methoxy groups -OCH3 is 4. The third-order valence-electron chi connectivity index (χ3n) is 23.6. The SMILES string of the molecule is CC.CC(c1ccccn1)N(C)C1CCC(C(C)(C)C)CC1.COCCN1CCC(C(C)(C)C)CC1.COc1ccc(CN(C)C2CCC(C(C)(C)C)CC2)cc1.COc1cccc(CCN2CCC(C(C)(C)C)CC2)c1.COc1cccc(CN(C)C2CCC(C(C)(C)C)CC2)c1. The molecule has 2 aliphatic heterocycles. The van der Waals surface area contributed by atoms with Crippen molar-refractivity contribution < 1.29 is 18.9 Å². The summed E-state index contributed by atoms with van der Waals surface area (Å²) in [5.41, 5.74) is 7.65. The molecule has 10 heteroatoms. The van der Waals surface area contributed by atoms with Gasteiger partial charge in [0.15, 0.2) is 0 Å². The first-order valence-electron chi connectivity index (χ1n) is 39.1. The molecule has 4 aromatic rings. The predicted molar refractivity (Wildman–Crippen MR) is 422 cm³/mol. The maximum atomic E-state index is 5.31. The minimum absolute atomic E-state index is 0.410. The van der Waals surface area contributed by atoms with Crippen molar-refractivity contribution in [2.45, 2.75) is 271 Å². The zero-order valence-electron chi connectivity index (χ0n) is 68.1. The molecular weight excluding hydrogens is 1210 g/mol. The third-order valence-corrected chi connectivity index (χ3v) is 23.6. The molecule has 98 heavy (non-hydrogen) atoms. The van der Waals surface area contributed by atoms with Crippen LogP contribution in [0.15, 0.2) is 97.2 Å². The molecule has 2 saturated heterocycles. The normalized spacial score (nSPS) is 22.1. The molecule has 9 rings (SSSR count). The maximum Gasteiger partial charge on any atom is 0.119 e. The Morgan fingerprint density at radius 1 is 0.408 bits per heavy atom. The summed E-state index contributed by atoms with van der Waals surface area (Å²) >= 11 is 0. The highest BCUT2D eigenvalue weighted by molar-refractivity contribution is 5.30. The van der Waals surface area contributed by atoms with E-state index in [9.17, 15) is 0 Å². The molecule has 0 N–H and O–H groups in total. The van der Waals surface area contributed by atoms with E-state index in [2.05, 4.69) is 234 Å².